The lowest BCUT2D eigenvalue weighted by molar-refractivity contribution is 0.308. The van der Waals surface area contributed by atoms with E-state index in [4.69, 9.17) is 10.3 Å². The minimum absolute atomic E-state index is 0.00721. The van der Waals surface area contributed by atoms with Crippen molar-refractivity contribution >= 4 is 15.7 Å². The van der Waals surface area contributed by atoms with Crippen LogP contribution in [0.5, 0.6) is 0 Å². The Bertz CT molecular complexity index is 630. The van der Waals surface area contributed by atoms with Gasteiger partial charge in [-0.15, -0.1) is 0 Å². The minimum Gasteiger partial charge on any atom is -0.379 e. The van der Waals surface area contributed by atoms with Crippen LogP contribution in [0.1, 0.15) is 18.0 Å². The molecule has 0 spiro atoms. The van der Waals surface area contributed by atoms with E-state index in [0.717, 1.165) is 6.26 Å². The number of nitrogens with two attached hydrogens (primary N) is 1. The molecule has 10 heteroatoms. The third-order valence-electron chi connectivity index (χ3n) is 2.16. The summed E-state index contributed by atoms with van der Waals surface area (Å²) >= 11 is 0. The summed E-state index contributed by atoms with van der Waals surface area (Å²) in [5.74, 6) is -0.00800. The molecule has 2 aromatic rings. The molecule has 2 N–H and O–H groups in total. The van der Waals surface area contributed by atoms with Crippen LogP contribution in [0.2, 0.25) is 0 Å². The van der Waals surface area contributed by atoms with Gasteiger partial charge in [0.25, 0.3) is 5.89 Å². The van der Waals surface area contributed by atoms with Gasteiger partial charge in [0.15, 0.2) is 15.7 Å². The molecule has 0 aliphatic heterocycles. The Kier molecular flexibility index (Phi) is 2.58. The first-order valence-electron chi connectivity index (χ1n) is 4.50. The number of anilines is 1. The van der Waals surface area contributed by atoms with E-state index in [1.165, 1.54) is 6.92 Å². The summed E-state index contributed by atoms with van der Waals surface area (Å²) in [6.07, 6.45) is 1.08. The van der Waals surface area contributed by atoms with Crippen molar-refractivity contribution in [1.29, 1.82) is 0 Å². The quantitative estimate of drug-likeness (QED) is 0.794. The van der Waals surface area contributed by atoms with Crippen molar-refractivity contribution in [2.75, 3.05) is 12.0 Å². The van der Waals surface area contributed by atoms with Gasteiger partial charge in [-0.05, 0) is 17.2 Å². The number of rotatable bonds is 3. The van der Waals surface area contributed by atoms with Gasteiger partial charge in [0.1, 0.15) is 5.25 Å². The normalized spacial score (nSPS) is 13.8. The van der Waals surface area contributed by atoms with E-state index < -0.39 is 15.1 Å². The molecule has 0 fully saturated rings. The highest BCUT2D eigenvalue weighted by Gasteiger charge is 2.25. The van der Waals surface area contributed by atoms with E-state index in [2.05, 4.69) is 25.1 Å². The second kappa shape index (κ2) is 3.80. The fraction of sp³-hybridized carbons (Fsp3) is 0.429. The van der Waals surface area contributed by atoms with Gasteiger partial charge in [-0.1, -0.05) is 5.16 Å². The van der Waals surface area contributed by atoms with E-state index >= 15 is 0 Å². The Hall–Kier alpha value is -1.97. The molecule has 9 nitrogen and oxygen atoms in total. The van der Waals surface area contributed by atoms with Crippen molar-refractivity contribution in [3.8, 4) is 11.6 Å². The average Bonchev–Trinajstić information content (AvgIpc) is 2.83. The zero-order valence-electron chi connectivity index (χ0n) is 8.98. The first kappa shape index (κ1) is 11.5. The number of hydrogen-bond donors (Lipinski definition) is 1. The highest BCUT2D eigenvalue weighted by Crippen LogP contribution is 2.23. The smallest absolute Gasteiger partial charge is 0.284 e. The van der Waals surface area contributed by atoms with Crippen LogP contribution in [-0.4, -0.2) is 35.1 Å². The number of nitrogens with zero attached hydrogens (tertiary/aromatic N) is 4. The van der Waals surface area contributed by atoms with E-state index in [0.29, 0.717) is 0 Å². The van der Waals surface area contributed by atoms with E-state index in [9.17, 15) is 8.42 Å². The summed E-state index contributed by atoms with van der Waals surface area (Å²) in [6.45, 7) is 1.45. The SMILES string of the molecule is CC(c1noc(-c2nonc2N)n1)S(C)(=O)=O. The predicted molar refractivity (Wildman–Crippen MR) is 55.3 cm³/mol. The molecular formula is C7H9N5O4S. The van der Waals surface area contributed by atoms with Crippen LogP contribution in [0.25, 0.3) is 11.6 Å². The second-order valence-corrected chi connectivity index (χ2v) is 5.79. The lowest BCUT2D eigenvalue weighted by Crippen LogP contribution is -2.09. The fourth-order valence-corrected chi connectivity index (χ4v) is 1.51. The molecule has 0 aliphatic rings. The Morgan fingerprint density at radius 3 is 2.53 bits per heavy atom. The topological polar surface area (TPSA) is 138 Å². The molecule has 0 amide bonds. The van der Waals surface area contributed by atoms with Gasteiger partial charge in [0, 0.05) is 6.26 Å². The summed E-state index contributed by atoms with van der Waals surface area (Å²) in [7, 11) is -3.30. The second-order valence-electron chi connectivity index (χ2n) is 3.43. The van der Waals surface area contributed by atoms with Crippen LogP contribution in [0.4, 0.5) is 5.82 Å². The molecule has 2 aromatic heterocycles. The van der Waals surface area contributed by atoms with Crippen LogP contribution in [0.15, 0.2) is 9.15 Å². The van der Waals surface area contributed by atoms with Crippen molar-refractivity contribution in [3.63, 3.8) is 0 Å². The average molecular weight is 259 g/mol. The van der Waals surface area contributed by atoms with Crippen LogP contribution in [0.3, 0.4) is 0 Å². The van der Waals surface area contributed by atoms with Crippen molar-refractivity contribution in [1.82, 2.24) is 20.5 Å². The minimum atomic E-state index is -3.30. The summed E-state index contributed by atoms with van der Waals surface area (Å²) in [5, 5.41) is 9.48. The van der Waals surface area contributed by atoms with Gasteiger partial charge < -0.3 is 10.3 Å². The molecular weight excluding hydrogens is 250 g/mol. The maximum atomic E-state index is 11.3. The number of sulfone groups is 1. The largest absolute Gasteiger partial charge is 0.379 e. The van der Waals surface area contributed by atoms with Crippen molar-refractivity contribution in [2.45, 2.75) is 12.2 Å². The zero-order valence-corrected chi connectivity index (χ0v) is 9.80. The molecule has 0 aromatic carbocycles. The fourth-order valence-electron chi connectivity index (χ4n) is 1.03. The summed E-state index contributed by atoms with van der Waals surface area (Å²) in [4.78, 5) is 3.88. The monoisotopic (exact) mass is 259 g/mol. The van der Waals surface area contributed by atoms with Crippen molar-refractivity contribution in [3.05, 3.63) is 5.82 Å². The molecule has 0 radical (unpaired) electrons. The molecule has 0 saturated heterocycles. The van der Waals surface area contributed by atoms with Crippen LogP contribution in [-0.2, 0) is 9.84 Å². The maximum absolute atomic E-state index is 11.3. The number of hydrogen-bond acceptors (Lipinski definition) is 9. The molecule has 0 bridgehead atoms. The third-order valence-corrected chi connectivity index (χ3v) is 3.66. The zero-order chi connectivity index (χ0) is 12.6. The van der Waals surface area contributed by atoms with Crippen LogP contribution in [0, 0.1) is 0 Å². The van der Waals surface area contributed by atoms with Gasteiger partial charge in [-0.25, -0.2) is 13.0 Å². The maximum Gasteiger partial charge on any atom is 0.284 e. The van der Waals surface area contributed by atoms with E-state index in [1.807, 2.05) is 0 Å². The summed E-state index contributed by atoms with van der Waals surface area (Å²) < 4.78 is 31.8. The molecule has 0 saturated carbocycles. The Labute approximate surface area is 95.9 Å². The molecule has 92 valence electrons. The number of aromatic nitrogens is 4. The Balaban J connectivity index is 2.38. The Morgan fingerprint density at radius 2 is 2.00 bits per heavy atom. The van der Waals surface area contributed by atoms with E-state index in [-0.39, 0.29) is 23.2 Å². The molecule has 2 heterocycles. The van der Waals surface area contributed by atoms with Gasteiger partial charge in [-0.2, -0.15) is 4.98 Å². The van der Waals surface area contributed by atoms with E-state index in [1.54, 1.807) is 0 Å². The molecule has 0 aliphatic carbocycles. The number of nitrogen functional groups attached to an aromatic ring is 1. The third kappa shape index (κ3) is 2.11. The summed E-state index contributed by atoms with van der Waals surface area (Å²) in [6, 6.07) is 0. The van der Waals surface area contributed by atoms with Gasteiger partial charge in [-0.3, -0.25) is 0 Å². The standard InChI is InChI=1S/C7H9N5O4S/c1-3(17(2,13)14)6-9-7(15-12-6)4-5(8)11-16-10-4/h3H,1-2H3,(H2,8,11). The first-order chi connectivity index (χ1) is 7.89. The van der Waals surface area contributed by atoms with Gasteiger partial charge in [0.2, 0.25) is 11.5 Å². The van der Waals surface area contributed by atoms with Gasteiger partial charge >= 0.3 is 0 Å². The first-order valence-corrected chi connectivity index (χ1v) is 6.46. The van der Waals surface area contributed by atoms with Gasteiger partial charge in [0.05, 0.1) is 0 Å². The highest BCUT2D eigenvalue weighted by atomic mass is 32.2. The molecule has 2 rings (SSSR count). The molecule has 1 atom stereocenters. The lowest BCUT2D eigenvalue weighted by atomic mass is 10.4. The molecule has 17 heavy (non-hydrogen) atoms. The predicted octanol–water partition coefficient (Wildman–Crippen LogP) is -0.193. The van der Waals surface area contributed by atoms with Crippen molar-refractivity contribution in [2.24, 2.45) is 0 Å². The molecule has 1 unspecified atom stereocenters. The van der Waals surface area contributed by atoms with Crippen LogP contribution < -0.4 is 5.73 Å². The Morgan fingerprint density at radius 1 is 1.29 bits per heavy atom. The summed E-state index contributed by atoms with van der Waals surface area (Å²) in [5.41, 5.74) is 5.52. The highest BCUT2D eigenvalue weighted by molar-refractivity contribution is 7.90. The van der Waals surface area contributed by atoms with Crippen LogP contribution >= 0.6 is 0 Å². The lowest BCUT2D eigenvalue weighted by Gasteiger charge is -2.01. The van der Waals surface area contributed by atoms with Crippen molar-refractivity contribution < 1.29 is 17.6 Å².